The molecule has 2 unspecified atom stereocenters. The molecule has 0 saturated carbocycles. The maximum Gasteiger partial charge on any atom is 0.164 e. The van der Waals surface area contributed by atoms with E-state index in [4.69, 9.17) is 27.9 Å². The molecule has 1 aromatic heterocycles. The molecular weight excluding hydrogens is 376 g/mol. The fraction of sp³-hybridized carbons (Fsp3) is 0.263. The quantitative estimate of drug-likeness (QED) is 0.592. The second-order valence-electron chi connectivity index (χ2n) is 6.12. The first-order chi connectivity index (χ1) is 12.5. The second kappa shape index (κ2) is 8.16. The third-order valence-electron chi connectivity index (χ3n) is 4.19. The molecule has 2 atom stereocenters. The zero-order valence-electron chi connectivity index (χ0n) is 14.1. The van der Waals surface area contributed by atoms with E-state index < -0.39 is 5.67 Å². The minimum absolute atomic E-state index is 0.0401. The number of benzene rings is 2. The number of hydrogen-bond donors (Lipinski definition) is 1. The zero-order valence-corrected chi connectivity index (χ0v) is 15.6. The average Bonchev–Trinajstić information content (AvgIpc) is 3.13. The predicted molar refractivity (Wildman–Crippen MR) is 100 cm³/mol. The fourth-order valence-corrected chi connectivity index (χ4v) is 2.92. The molecule has 1 N–H and O–H groups in total. The van der Waals surface area contributed by atoms with Gasteiger partial charge in [0.2, 0.25) is 0 Å². The largest absolute Gasteiger partial charge is 0.370 e. The Kier molecular flexibility index (Phi) is 5.91. The Balaban J connectivity index is 1.78. The Morgan fingerprint density at radius 1 is 1.08 bits per heavy atom. The maximum absolute atomic E-state index is 15.9. The van der Waals surface area contributed by atoms with Crippen LogP contribution in [-0.4, -0.2) is 22.0 Å². The standard InChI is InChI=1S/C19H18Cl2FN3O/c1-13(14-2-6-16(20)7-3-14)26-12-19(22,10-18-11-23-25-24-18)15-4-8-17(21)9-5-15/h2-9,11,13H,10,12H2,1H3,(H,23,24,25). The molecule has 0 fully saturated rings. The molecule has 136 valence electrons. The highest BCUT2D eigenvalue weighted by atomic mass is 35.5. The van der Waals surface area contributed by atoms with E-state index in [0.717, 1.165) is 5.56 Å². The van der Waals surface area contributed by atoms with Gasteiger partial charge in [0.25, 0.3) is 0 Å². The topological polar surface area (TPSA) is 50.8 Å². The molecule has 4 nitrogen and oxygen atoms in total. The predicted octanol–water partition coefficient (Wildman–Crippen LogP) is 5.30. The molecule has 0 saturated heterocycles. The van der Waals surface area contributed by atoms with Gasteiger partial charge in [-0.25, -0.2) is 4.39 Å². The van der Waals surface area contributed by atoms with E-state index in [9.17, 15) is 0 Å². The van der Waals surface area contributed by atoms with Crippen LogP contribution in [-0.2, 0) is 16.8 Å². The molecule has 0 amide bonds. The van der Waals surface area contributed by atoms with Gasteiger partial charge in [0.15, 0.2) is 5.67 Å². The highest BCUT2D eigenvalue weighted by molar-refractivity contribution is 6.30. The van der Waals surface area contributed by atoms with E-state index in [1.54, 1.807) is 42.6 Å². The van der Waals surface area contributed by atoms with Crippen LogP contribution in [0.4, 0.5) is 4.39 Å². The number of halogens is 3. The Bertz CT molecular complexity index is 825. The van der Waals surface area contributed by atoms with Crippen LogP contribution >= 0.6 is 23.2 Å². The van der Waals surface area contributed by atoms with Crippen LogP contribution in [0.2, 0.25) is 10.0 Å². The summed E-state index contributed by atoms with van der Waals surface area (Å²) in [6.45, 7) is 1.74. The molecule has 0 bridgehead atoms. The first-order valence-electron chi connectivity index (χ1n) is 8.14. The summed E-state index contributed by atoms with van der Waals surface area (Å²) in [7, 11) is 0. The highest BCUT2D eigenvalue weighted by Gasteiger charge is 2.34. The van der Waals surface area contributed by atoms with Crippen LogP contribution in [0.1, 0.15) is 29.8 Å². The van der Waals surface area contributed by atoms with E-state index >= 15 is 4.39 Å². The molecule has 0 aliphatic heterocycles. The molecule has 0 radical (unpaired) electrons. The number of aromatic nitrogens is 3. The number of nitrogens with one attached hydrogen (secondary N) is 1. The van der Waals surface area contributed by atoms with Gasteiger partial charge < -0.3 is 4.74 Å². The van der Waals surface area contributed by atoms with Crippen molar-refractivity contribution in [2.75, 3.05) is 6.61 Å². The number of nitrogens with zero attached hydrogens (tertiary/aromatic N) is 2. The number of hydrogen-bond acceptors (Lipinski definition) is 3. The highest BCUT2D eigenvalue weighted by Crippen LogP contribution is 2.33. The van der Waals surface area contributed by atoms with Gasteiger partial charge in [0, 0.05) is 22.7 Å². The van der Waals surface area contributed by atoms with E-state index in [0.29, 0.717) is 21.3 Å². The number of alkyl halides is 1. The number of ether oxygens (including phenoxy) is 1. The van der Waals surface area contributed by atoms with E-state index in [2.05, 4.69) is 15.4 Å². The Morgan fingerprint density at radius 2 is 1.69 bits per heavy atom. The summed E-state index contributed by atoms with van der Waals surface area (Å²) < 4.78 is 21.7. The fourth-order valence-electron chi connectivity index (χ4n) is 2.67. The zero-order chi connectivity index (χ0) is 18.6. The van der Waals surface area contributed by atoms with Gasteiger partial charge in [0.05, 0.1) is 18.4 Å². The van der Waals surface area contributed by atoms with Crippen molar-refractivity contribution in [2.24, 2.45) is 0 Å². The van der Waals surface area contributed by atoms with Crippen LogP contribution in [0.15, 0.2) is 54.7 Å². The van der Waals surface area contributed by atoms with Crippen molar-refractivity contribution in [1.29, 1.82) is 0 Å². The van der Waals surface area contributed by atoms with Gasteiger partial charge in [0.1, 0.15) is 0 Å². The van der Waals surface area contributed by atoms with Crippen molar-refractivity contribution >= 4 is 23.2 Å². The number of aromatic amines is 1. The maximum atomic E-state index is 15.9. The molecule has 0 spiro atoms. The summed E-state index contributed by atoms with van der Waals surface area (Å²) in [5, 5.41) is 11.3. The van der Waals surface area contributed by atoms with Crippen molar-refractivity contribution in [2.45, 2.75) is 25.1 Å². The second-order valence-corrected chi connectivity index (χ2v) is 6.99. The smallest absolute Gasteiger partial charge is 0.164 e. The van der Waals surface area contributed by atoms with Gasteiger partial charge in [-0.2, -0.15) is 0 Å². The Labute approximate surface area is 161 Å². The van der Waals surface area contributed by atoms with E-state index in [1.807, 2.05) is 19.1 Å². The lowest BCUT2D eigenvalue weighted by atomic mass is 9.91. The summed E-state index contributed by atoms with van der Waals surface area (Å²) in [4.78, 5) is 0. The van der Waals surface area contributed by atoms with Gasteiger partial charge in [-0.3, -0.25) is 5.10 Å². The lowest BCUT2D eigenvalue weighted by Crippen LogP contribution is -2.30. The van der Waals surface area contributed by atoms with Crippen LogP contribution in [0.25, 0.3) is 0 Å². The van der Waals surface area contributed by atoms with E-state index in [-0.39, 0.29) is 19.1 Å². The molecule has 0 aliphatic carbocycles. The first kappa shape index (κ1) is 18.8. The molecule has 3 aromatic rings. The van der Waals surface area contributed by atoms with Crippen molar-refractivity contribution in [3.8, 4) is 0 Å². The van der Waals surface area contributed by atoms with Crippen LogP contribution in [0, 0.1) is 0 Å². The third-order valence-corrected chi connectivity index (χ3v) is 4.70. The molecule has 7 heteroatoms. The van der Waals surface area contributed by atoms with Crippen molar-refractivity contribution < 1.29 is 9.13 Å². The van der Waals surface area contributed by atoms with Crippen LogP contribution < -0.4 is 0 Å². The summed E-state index contributed by atoms with van der Waals surface area (Å²) in [6.07, 6.45) is 1.33. The lowest BCUT2D eigenvalue weighted by molar-refractivity contribution is -0.0254. The minimum Gasteiger partial charge on any atom is -0.370 e. The molecular formula is C19H18Cl2FN3O. The lowest BCUT2D eigenvalue weighted by Gasteiger charge is -2.27. The van der Waals surface area contributed by atoms with Gasteiger partial charge in [-0.15, -0.1) is 5.10 Å². The third kappa shape index (κ3) is 4.61. The van der Waals surface area contributed by atoms with Crippen molar-refractivity contribution in [3.05, 3.63) is 81.6 Å². The van der Waals surface area contributed by atoms with Crippen molar-refractivity contribution in [1.82, 2.24) is 15.4 Å². The summed E-state index contributed by atoms with van der Waals surface area (Å²) >= 11 is 11.8. The summed E-state index contributed by atoms with van der Waals surface area (Å²) in [5.74, 6) is 0. The molecule has 0 aliphatic rings. The normalized spacial score (nSPS) is 14.8. The molecule has 3 rings (SSSR count). The number of rotatable bonds is 7. The van der Waals surface area contributed by atoms with E-state index in [1.165, 1.54) is 0 Å². The van der Waals surface area contributed by atoms with Crippen molar-refractivity contribution in [3.63, 3.8) is 0 Å². The molecule has 26 heavy (non-hydrogen) atoms. The Morgan fingerprint density at radius 3 is 2.27 bits per heavy atom. The average molecular weight is 394 g/mol. The monoisotopic (exact) mass is 393 g/mol. The van der Waals surface area contributed by atoms with Crippen LogP contribution in [0.5, 0.6) is 0 Å². The summed E-state index contributed by atoms with van der Waals surface area (Å²) in [5.41, 5.74) is 0.162. The first-order valence-corrected chi connectivity index (χ1v) is 8.89. The molecule has 2 aromatic carbocycles. The van der Waals surface area contributed by atoms with Gasteiger partial charge >= 0.3 is 0 Å². The SMILES string of the molecule is CC(OCC(F)(Cc1c[nH]nn1)c1ccc(Cl)cc1)c1ccc(Cl)cc1. The van der Waals surface area contributed by atoms with Gasteiger partial charge in [-0.05, 0) is 42.3 Å². The van der Waals surface area contributed by atoms with Gasteiger partial charge in [-0.1, -0.05) is 52.7 Å². The summed E-state index contributed by atoms with van der Waals surface area (Å²) in [6, 6.07) is 14.0. The minimum atomic E-state index is -1.76. The molecule has 1 heterocycles. The Hall–Kier alpha value is -1.95. The number of H-pyrrole nitrogens is 1. The van der Waals surface area contributed by atoms with Crippen LogP contribution in [0.3, 0.4) is 0 Å².